The van der Waals surface area contributed by atoms with Crippen LogP contribution in [0.15, 0.2) is 28.7 Å². The van der Waals surface area contributed by atoms with Gasteiger partial charge in [-0.3, -0.25) is 0 Å². The first-order valence-corrected chi connectivity index (χ1v) is 7.43. The van der Waals surface area contributed by atoms with E-state index in [-0.39, 0.29) is 5.41 Å². The molecule has 0 aliphatic heterocycles. The van der Waals surface area contributed by atoms with Crippen LogP contribution in [0.1, 0.15) is 68.2 Å². The molecule has 0 aliphatic carbocycles. The van der Waals surface area contributed by atoms with E-state index in [2.05, 4.69) is 53.5 Å². The van der Waals surface area contributed by atoms with Gasteiger partial charge in [0, 0.05) is 5.41 Å². The first kappa shape index (κ1) is 18.7. The molecule has 2 aromatic rings. The predicted octanol–water partition coefficient (Wildman–Crippen LogP) is 6.20. The largest absolute Gasteiger partial charge is 0.440 e. The van der Waals surface area contributed by atoms with Gasteiger partial charge in [0.15, 0.2) is 5.58 Å². The molecule has 1 heterocycles. The zero-order valence-corrected chi connectivity index (χ0v) is 14.7. The summed E-state index contributed by atoms with van der Waals surface area (Å²) in [5.41, 5.74) is 2.29. The standard InChI is InChI=1S/C11H13NO.C5H12.C2H6/c1-11(2,3)10-12-8-6-4-5-7-9(8)13-10;1-5(2,3)4;1-2/h4-7H,1-3H3;1-4H3;1-2H3. The summed E-state index contributed by atoms with van der Waals surface area (Å²) in [7, 11) is 0. The molecule has 2 nitrogen and oxygen atoms in total. The first-order chi connectivity index (χ1) is 9.07. The molecule has 0 amide bonds. The van der Waals surface area contributed by atoms with Crippen LogP contribution in [0.4, 0.5) is 0 Å². The molecule has 114 valence electrons. The molecule has 0 aliphatic rings. The highest BCUT2D eigenvalue weighted by atomic mass is 16.3. The molecule has 0 saturated carbocycles. The van der Waals surface area contributed by atoms with Crippen molar-refractivity contribution in [1.29, 1.82) is 0 Å². The minimum atomic E-state index is -0.0149. The van der Waals surface area contributed by atoms with Gasteiger partial charge in [-0.1, -0.05) is 74.4 Å². The zero-order valence-electron chi connectivity index (χ0n) is 14.7. The Morgan fingerprint density at radius 2 is 1.30 bits per heavy atom. The van der Waals surface area contributed by atoms with Crippen molar-refractivity contribution in [2.24, 2.45) is 5.41 Å². The highest BCUT2D eigenvalue weighted by molar-refractivity contribution is 5.72. The normalized spacial score (nSPS) is 11.2. The number of oxazole rings is 1. The summed E-state index contributed by atoms with van der Waals surface area (Å²) < 4.78 is 5.62. The zero-order chi connectivity index (χ0) is 16.0. The maximum Gasteiger partial charge on any atom is 0.200 e. The molecular weight excluding hydrogens is 246 g/mol. The average Bonchev–Trinajstić information content (AvgIpc) is 2.72. The molecule has 0 saturated heterocycles. The van der Waals surface area contributed by atoms with Gasteiger partial charge in [0.1, 0.15) is 5.52 Å². The SMILES string of the molecule is CC.CC(C)(C)C.CC(C)(C)c1nc2ccccc2o1. The van der Waals surface area contributed by atoms with Crippen LogP contribution >= 0.6 is 0 Å². The van der Waals surface area contributed by atoms with Crippen molar-refractivity contribution >= 4 is 11.1 Å². The van der Waals surface area contributed by atoms with Crippen LogP contribution in [-0.4, -0.2) is 4.98 Å². The van der Waals surface area contributed by atoms with E-state index in [1.165, 1.54) is 0 Å². The number of nitrogens with zero attached hydrogens (tertiary/aromatic N) is 1. The molecular formula is C18H31NO. The third kappa shape index (κ3) is 7.32. The van der Waals surface area contributed by atoms with Crippen LogP contribution in [0, 0.1) is 5.41 Å². The van der Waals surface area contributed by atoms with Gasteiger partial charge in [-0.2, -0.15) is 0 Å². The number of rotatable bonds is 0. The number of aromatic nitrogens is 1. The van der Waals surface area contributed by atoms with Crippen LogP contribution in [0.5, 0.6) is 0 Å². The second-order valence-electron chi connectivity index (χ2n) is 7.24. The Morgan fingerprint density at radius 1 is 0.850 bits per heavy atom. The van der Waals surface area contributed by atoms with Gasteiger partial charge in [0.2, 0.25) is 5.89 Å². The van der Waals surface area contributed by atoms with Gasteiger partial charge in [-0.15, -0.1) is 0 Å². The molecule has 20 heavy (non-hydrogen) atoms. The van der Waals surface area contributed by atoms with Crippen molar-refractivity contribution in [3.63, 3.8) is 0 Å². The Morgan fingerprint density at radius 3 is 1.70 bits per heavy atom. The molecule has 2 rings (SSSR count). The molecule has 0 unspecified atom stereocenters. The summed E-state index contributed by atoms with van der Waals surface area (Å²) >= 11 is 0. The van der Waals surface area contributed by atoms with E-state index >= 15 is 0 Å². The lowest BCUT2D eigenvalue weighted by Gasteiger charge is -2.11. The van der Waals surface area contributed by atoms with Gasteiger partial charge in [0.05, 0.1) is 0 Å². The Labute approximate surface area is 124 Å². The molecule has 0 N–H and O–H groups in total. The molecule has 1 aromatic carbocycles. The number of fused-ring (bicyclic) bond motifs is 1. The summed E-state index contributed by atoms with van der Waals surface area (Å²) in [4.78, 5) is 4.42. The minimum absolute atomic E-state index is 0.0149. The maximum absolute atomic E-state index is 5.62. The van der Waals surface area contributed by atoms with Crippen molar-refractivity contribution in [2.45, 2.75) is 67.7 Å². The van der Waals surface area contributed by atoms with E-state index in [1.807, 2.05) is 38.1 Å². The molecule has 0 atom stereocenters. The summed E-state index contributed by atoms with van der Waals surface area (Å²) in [5.74, 6) is 0.800. The Balaban J connectivity index is 0.000000441. The lowest BCUT2D eigenvalue weighted by molar-refractivity contribution is 0.411. The van der Waals surface area contributed by atoms with Crippen molar-refractivity contribution in [1.82, 2.24) is 4.98 Å². The molecule has 2 heteroatoms. The monoisotopic (exact) mass is 277 g/mol. The van der Waals surface area contributed by atoms with Crippen LogP contribution in [0.2, 0.25) is 0 Å². The Bertz CT molecular complexity index is 459. The third-order valence-corrected chi connectivity index (χ3v) is 1.94. The second kappa shape index (κ2) is 7.47. The van der Waals surface area contributed by atoms with E-state index in [0.29, 0.717) is 5.41 Å². The van der Waals surface area contributed by atoms with E-state index in [1.54, 1.807) is 0 Å². The molecule has 0 radical (unpaired) electrons. The Kier molecular flexibility index (Phi) is 6.98. The van der Waals surface area contributed by atoms with Crippen LogP contribution in [-0.2, 0) is 5.41 Å². The fraction of sp³-hybridized carbons (Fsp3) is 0.611. The number of benzene rings is 1. The van der Waals surface area contributed by atoms with E-state index in [4.69, 9.17) is 4.42 Å². The van der Waals surface area contributed by atoms with Crippen molar-refractivity contribution in [3.05, 3.63) is 30.2 Å². The van der Waals surface area contributed by atoms with Gasteiger partial charge in [-0.25, -0.2) is 4.98 Å². The predicted molar refractivity (Wildman–Crippen MR) is 89.2 cm³/mol. The van der Waals surface area contributed by atoms with Gasteiger partial charge in [-0.05, 0) is 17.5 Å². The quantitative estimate of drug-likeness (QED) is 0.572. The topological polar surface area (TPSA) is 26.0 Å². The summed E-state index contributed by atoms with van der Waals surface area (Å²) in [5, 5.41) is 0. The molecule has 1 aromatic heterocycles. The fourth-order valence-corrected chi connectivity index (χ4v) is 1.19. The number of hydrogen-bond donors (Lipinski definition) is 0. The average molecular weight is 277 g/mol. The maximum atomic E-state index is 5.62. The van der Waals surface area contributed by atoms with E-state index < -0.39 is 0 Å². The molecule has 0 bridgehead atoms. The van der Waals surface area contributed by atoms with Crippen molar-refractivity contribution in [3.8, 4) is 0 Å². The Hall–Kier alpha value is -1.31. The first-order valence-electron chi connectivity index (χ1n) is 7.43. The van der Waals surface area contributed by atoms with Crippen LogP contribution < -0.4 is 0 Å². The second-order valence-corrected chi connectivity index (χ2v) is 7.24. The summed E-state index contributed by atoms with van der Waals surface area (Å²) in [6, 6.07) is 7.84. The number of hydrogen-bond acceptors (Lipinski definition) is 2. The lowest BCUT2D eigenvalue weighted by atomic mass is 9.97. The molecule has 0 fully saturated rings. The smallest absolute Gasteiger partial charge is 0.200 e. The van der Waals surface area contributed by atoms with Crippen molar-refractivity contribution in [2.75, 3.05) is 0 Å². The number of para-hydroxylation sites is 2. The molecule has 0 spiro atoms. The van der Waals surface area contributed by atoms with Crippen LogP contribution in [0.3, 0.4) is 0 Å². The van der Waals surface area contributed by atoms with Crippen LogP contribution in [0.25, 0.3) is 11.1 Å². The fourth-order valence-electron chi connectivity index (χ4n) is 1.19. The van der Waals surface area contributed by atoms with Gasteiger partial charge >= 0.3 is 0 Å². The summed E-state index contributed by atoms with van der Waals surface area (Å²) in [6.07, 6.45) is 0. The third-order valence-electron chi connectivity index (χ3n) is 1.94. The van der Waals surface area contributed by atoms with Crippen molar-refractivity contribution < 1.29 is 4.42 Å². The van der Waals surface area contributed by atoms with E-state index in [0.717, 1.165) is 17.0 Å². The van der Waals surface area contributed by atoms with Gasteiger partial charge in [0.25, 0.3) is 0 Å². The highest BCUT2D eigenvalue weighted by Crippen LogP contribution is 2.25. The lowest BCUT2D eigenvalue weighted by Crippen LogP contribution is -2.10. The summed E-state index contributed by atoms with van der Waals surface area (Å²) in [6.45, 7) is 19.0. The highest BCUT2D eigenvalue weighted by Gasteiger charge is 2.20. The van der Waals surface area contributed by atoms with E-state index in [9.17, 15) is 0 Å². The minimum Gasteiger partial charge on any atom is -0.440 e. The van der Waals surface area contributed by atoms with Gasteiger partial charge < -0.3 is 4.42 Å².